The molecule has 1 atom stereocenters. The second-order valence-electron chi connectivity index (χ2n) is 9.66. The van der Waals surface area contributed by atoms with Crippen molar-refractivity contribution in [2.24, 2.45) is 5.92 Å². The van der Waals surface area contributed by atoms with Crippen LogP contribution in [-0.4, -0.2) is 48.4 Å². The van der Waals surface area contributed by atoms with Gasteiger partial charge in [0, 0.05) is 18.1 Å². The molecule has 1 heterocycles. The van der Waals surface area contributed by atoms with E-state index in [1.54, 1.807) is 0 Å². The van der Waals surface area contributed by atoms with Crippen molar-refractivity contribution in [3.63, 3.8) is 0 Å². The van der Waals surface area contributed by atoms with E-state index >= 15 is 0 Å². The molecule has 1 aliphatic carbocycles. The molecule has 0 spiro atoms. The first-order chi connectivity index (χ1) is 20.9. The van der Waals surface area contributed by atoms with Crippen molar-refractivity contribution in [3.05, 3.63) is 75.2 Å². The van der Waals surface area contributed by atoms with Gasteiger partial charge in [0.1, 0.15) is 22.7 Å². The van der Waals surface area contributed by atoms with Gasteiger partial charge in [0.25, 0.3) is 0 Å². The monoisotopic (exact) mass is 676 g/mol. The van der Waals surface area contributed by atoms with Crippen molar-refractivity contribution in [1.29, 1.82) is 0 Å². The number of nitrogens with zero attached hydrogens (tertiary/aromatic N) is 1. The first kappa shape index (κ1) is 33.3. The summed E-state index contributed by atoms with van der Waals surface area (Å²) < 4.78 is 80.7. The zero-order valence-corrected chi connectivity index (χ0v) is 25.8. The summed E-state index contributed by atoms with van der Waals surface area (Å²) in [7, 11) is -1.46. The number of sulfonamides is 1. The minimum atomic E-state index is -4.20. The molecule has 0 amide bonds. The molecule has 1 aromatic heterocycles. The molecule has 1 fully saturated rings. The van der Waals surface area contributed by atoms with E-state index in [4.69, 9.17) is 42.1 Å². The molecule has 0 bridgehead atoms. The van der Waals surface area contributed by atoms with Gasteiger partial charge >= 0.3 is 12.6 Å². The number of carbonyl (C=O) groups excluding carboxylic acids is 1. The normalized spacial score (nSPS) is 13.8. The summed E-state index contributed by atoms with van der Waals surface area (Å²) in [6.45, 7) is -3.62. The summed E-state index contributed by atoms with van der Waals surface area (Å²) in [5.41, 5.74) is 0.525. The highest BCUT2D eigenvalue weighted by Crippen LogP contribution is 2.38. The third kappa shape index (κ3) is 8.74. The molecular weight excluding hydrogens is 649 g/mol. The Balaban J connectivity index is 1.59. The average Bonchev–Trinajstić information content (AvgIpc) is 3.81. The van der Waals surface area contributed by atoms with Crippen LogP contribution in [0.2, 0.25) is 10.0 Å². The molecule has 0 unspecified atom stereocenters. The highest BCUT2D eigenvalue weighted by atomic mass is 35.5. The van der Waals surface area contributed by atoms with Crippen molar-refractivity contribution in [2.75, 3.05) is 27.4 Å². The fourth-order valence-corrected chi connectivity index (χ4v) is 5.67. The van der Waals surface area contributed by atoms with Crippen LogP contribution >= 0.6 is 23.2 Å². The molecular formula is C28H28Cl2F2N2O9S. The topological polar surface area (TPSA) is 136 Å². The van der Waals surface area contributed by atoms with Crippen molar-refractivity contribution in [1.82, 2.24) is 4.72 Å². The summed E-state index contributed by atoms with van der Waals surface area (Å²) in [6.07, 6.45) is 2.66. The van der Waals surface area contributed by atoms with Gasteiger partial charge in [-0.25, -0.2) is 8.42 Å². The molecule has 1 N–H and O–H groups in total. The van der Waals surface area contributed by atoms with E-state index in [2.05, 4.69) is 9.46 Å². The lowest BCUT2D eigenvalue weighted by Gasteiger charge is -2.21. The third-order valence-electron chi connectivity index (χ3n) is 6.52. The van der Waals surface area contributed by atoms with Crippen LogP contribution in [-0.2, 0) is 26.0 Å². The Bertz CT molecular complexity index is 1580. The van der Waals surface area contributed by atoms with Crippen molar-refractivity contribution < 1.29 is 50.4 Å². The van der Waals surface area contributed by atoms with E-state index in [-0.39, 0.29) is 62.3 Å². The van der Waals surface area contributed by atoms with Gasteiger partial charge in [-0.15, -0.1) is 0 Å². The molecule has 0 saturated heterocycles. The maximum atomic E-state index is 13.1. The molecule has 238 valence electrons. The molecule has 44 heavy (non-hydrogen) atoms. The predicted octanol–water partition coefficient (Wildman–Crippen LogP) is 4.84. The van der Waals surface area contributed by atoms with Crippen molar-refractivity contribution in [3.8, 4) is 23.0 Å². The number of rotatable bonds is 15. The first-order valence-corrected chi connectivity index (χ1v) is 15.3. The second-order valence-corrected chi connectivity index (χ2v) is 12.2. The van der Waals surface area contributed by atoms with Crippen LogP contribution in [0.1, 0.15) is 30.1 Å². The Hall–Kier alpha value is -3.59. The van der Waals surface area contributed by atoms with Gasteiger partial charge in [0.15, 0.2) is 35.4 Å². The summed E-state index contributed by atoms with van der Waals surface area (Å²) in [6, 6.07) is 7.89. The summed E-state index contributed by atoms with van der Waals surface area (Å²) in [5.74, 6) is -0.471. The van der Waals surface area contributed by atoms with Crippen LogP contribution in [0.4, 0.5) is 8.78 Å². The van der Waals surface area contributed by atoms with Gasteiger partial charge in [0.05, 0.1) is 25.7 Å². The standard InChI is InChI=1S/C28H28Cl2F2N2O9S/c1-39-22-8-6-18(10-25(22)40-2)44(37,38)33-12-27(35)42-24(11-19-20(29)13-34(36)14-21(19)30)17-5-7-23(43-28(31)32)26(9-17)41-15-16-3-4-16/h5-10,13-14,16,24,28,33H,3-4,11-12,15H2,1-2H3/t24-/m0/s1. The first-order valence-electron chi connectivity index (χ1n) is 13.1. The van der Waals surface area contributed by atoms with Crippen LogP contribution in [0.5, 0.6) is 23.0 Å². The van der Waals surface area contributed by atoms with Gasteiger partial charge in [-0.3, -0.25) is 4.79 Å². The number of pyridine rings is 1. The van der Waals surface area contributed by atoms with Gasteiger partial charge < -0.3 is 28.9 Å². The Morgan fingerprint density at radius 1 is 1.02 bits per heavy atom. The number of methoxy groups -OCH3 is 2. The fourth-order valence-electron chi connectivity index (χ4n) is 4.08. The summed E-state index contributed by atoms with van der Waals surface area (Å²) in [4.78, 5) is 12.8. The third-order valence-corrected chi connectivity index (χ3v) is 8.57. The Labute approximate surface area is 262 Å². The number of hydrogen-bond acceptors (Lipinski definition) is 9. The zero-order chi connectivity index (χ0) is 32.0. The van der Waals surface area contributed by atoms with Crippen LogP contribution in [0.3, 0.4) is 0 Å². The maximum Gasteiger partial charge on any atom is 0.387 e. The molecule has 4 rings (SSSR count). The van der Waals surface area contributed by atoms with E-state index in [0.717, 1.165) is 25.2 Å². The Kier molecular flexibility index (Phi) is 10.9. The molecule has 1 aliphatic rings. The lowest BCUT2D eigenvalue weighted by molar-refractivity contribution is -0.605. The number of hydrogen-bond donors (Lipinski definition) is 1. The number of alkyl halides is 2. The highest BCUT2D eigenvalue weighted by molar-refractivity contribution is 7.89. The molecule has 0 aliphatic heterocycles. The smallest absolute Gasteiger partial charge is 0.387 e. The Morgan fingerprint density at radius 2 is 1.68 bits per heavy atom. The van der Waals surface area contributed by atoms with Gasteiger partial charge in [0.2, 0.25) is 10.0 Å². The molecule has 1 saturated carbocycles. The highest BCUT2D eigenvalue weighted by Gasteiger charge is 2.27. The van der Waals surface area contributed by atoms with Gasteiger partial charge in [-0.1, -0.05) is 29.3 Å². The van der Waals surface area contributed by atoms with Crippen molar-refractivity contribution >= 4 is 39.2 Å². The summed E-state index contributed by atoms with van der Waals surface area (Å²) in [5, 5.41) is 11.7. The van der Waals surface area contributed by atoms with Gasteiger partial charge in [-0.05, 0) is 48.6 Å². The molecule has 0 radical (unpaired) electrons. The molecule has 3 aromatic rings. The minimum Gasteiger partial charge on any atom is -0.619 e. The number of carbonyl (C=O) groups is 1. The zero-order valence-electron chi connectivity index (χ0n) is 23.4. The number of esters is 1. The van der Waals surface area contributed by atoms with E-state index in [9.17, 15) is 27.2 Å². The van der Waals surface area contributed by atoms with Crippen LogP contribution in [0.25, 0.3) is 0 Å². The van der Waals surface area contributed by atoms with E-state index in [1.165, 1.54) is 50.6 Å². The predicted molar refractivity (Wildman–Crippen MR) is 154 cm³/mol. The van der Waals surface area contributed by atoms with Gasteiger partial charge in [-0.2, -0.15) is 18.2 Å². The lowest BCUT2D eigenvalue weighted by Crippen LogP contribution is -2.32. The number of ether oxygens (including phenoxy) is 5. The number of benzene rings is 2. The van der Waals surface area contributed by atoms with Crippen LogP contribution in [0, 0.1) is 11.1 Å². The molecule has 11 nitrogen and oxygen atoms in total. The SMILES string of the molecule is COc1ccc(S(=O)(=O)NCC(=O)O[C@@H](Cc2c(Cl)c[n+]([O-])cc2Cl)c2ccc(OC(F)F)c(OCC3CC3)c2)cc1OC. The van der Waals surface area contributed by atoms with E-state index < -0.39 is 35.3 Å². The number of halogens is 4. The average molecular weight is 678 g/mol. The quantitative estimate of drug-likeness (QED) is 0.136. The second kappa shape index (κ2) is 14.5. The van der Waals surface area contributed by atoms with E-state index in [0.29, 0.717) is 10.5 Å². The lowest BCUT2D eigenvalue weighted by atomic mass is 10.0. The van der Waals surface area contributed by atoms with Crippen molar-refractivity contribution in [2.45, 2.75) is 36.9 Å². The fraction of sp³-hybridized carbons (Fsp3) is 0.357. The van der Waals surface area contributed by atoms with E-state index in [1.807, 2.05) is 0 Å². The summed E-state index contributed by atoms with van der Waals surface area (Å²) >= 11 is 12.5. The minimum absolute atomic E-state index is 0.00689. The molecule has 2 aromatic carbocycles. The molecule has 16 heteroatoms. The number of nitrogens with one attached hydrogen (secondary N) is 1. The Morgan fingerprint density at radius 3 is 2.30 bits per heavy atom. The largest absolute Gasteiger partial charge is 0.619 e. The van der Waals surface area contributed by atoms with Crippen LogP contribution < -0.4 is 28.4 Å². The maximum absolute atomic E-state index is 13.1. The van der Waals surface area contributed by atoms with Crippen LogP contribution in [0.15, 0.2) is 53.7 Å². The number of aromatic nitrogens is 1.